The van der Waals surface area contributed by atoms with Gasteiger partial charge in [0.25, 0.3) is 0 Å². The van der Waals surface area contributed by atoms with E-state index in [-0.39, 0.29) is 14.1 Å². The highest BCUT2D eigenvalue weighted by Crippen LogP contribution is 2.40. The highest BCUT2D eigenvalue weighted by molar-refractivity contribution is 9.10. The van der Waals surface area contributed by atoms with Crippen molar-refractivity contribution in [2.45, 2.75) is 14.1 Å². The van der Waals surface area contributed by atoms with Crippen LogP contribution in [0, 0.1) is 5.82 Å². The van der Waals surface area contributed by atoms with E-state index < -0.39 is 25.5 Å². The summed E-state index contributed by atoms with van der Waals surface area (Å²) >= 11 is 4.26. The fraction of sp³-hybridized carbons (Fsp3) is 0.0455. The Morgan fingerprint density at radius 1 is 0.844 bits per heavy atom. The molecule has 5 nitrogen and oxygen atoms in total. The van der Waals surface area contributed by atoms with Crippen LogP contribution in [0.3, 0.4) is 0 Å². The first kappa shape index (κ1) is 22.8. The molecule has 4 rings (SSSR count). The van der Waals surface area contributed by atoms with Gasteiger partial charge in [0.05, 0.1) is 20.4 Å². The van der Waals surface area contributed by atoms with E-state index in [1.807, 2.05) is 0 Å². The van der Waals surface area contributed by atoms with Crippen molar-refractivity contribution in [3.05, 3.63) is 83.1 Å². The molecule has 164 valence electrons. The van der Waals surface area contributed by atoms with Crippen LogP contribution >= 0.6 is 27.3 Å². The molecule has 0 aliphatic heterocycles. The van der Waals surface area contributed by atoms with E-state index in [0.29, 0.717) is 26.2 Å². The zero-order chi connectivity index (χ0) is 23.1. The number of halogens is 2. The van der Waals surface area contributed by atoms with Crippen LogP contribution in [-0.4, -0.2) is 28.1 Å². The summed E-state index contributed by atoms with van der Waals surface area (Å²) in [6.45, 7) is 0. The summed E-state index contributed by atoms with van der Waals surface area (Å²) in [7, 11) is -7.30. The van der Waals surface area contributed by atoms with Crippen molar-refractivity contribution in [2.75, 3.05) is 6.26 Å². The predicted octanol–water partition coefficient (Wildman–Crippen LogP) is 5.62. The summed E-state index contributed by atoms with van der Waals surface area (Å²) in [5, 5.41) is 0. The Hall–Kier alpha value is -2.40. The molecule has 0 fully saturated rings. The molecule has 4 aromatic rings. The lowest BCUT2D eigenvalue weighted by Crippen LogP contribution is -2.01. The van der Waals surface area contributed by atoms with Gasteiger partial charge in [-0.25, -0.2) is 26.2 Å². The number of hydrogen-bond acceptors (Lipinski definition) is 6. The molecule has 1 heterocycles. The molecule has 0 aliphatic carbocycles. The molecule has 0 saturated carbocycles. The maximum Gasteiger partial charge on any atom is 0.233 e. The van der Waals surface area contributed by atoms with E-state index in [1.165, 1.54) is 36.4 Å². The molecule has 10 heteroatoms. The van der Waals surface area contributed by atoms with Crippen molar-refractivity contribution < 1.29 is 21.2 Å². The highest BCUT2D eigenvalue weighted by Gasteiger charge is 2.26. The highest BCUT2D eigenvalue weighted by atomic mass is 79.9. The minimum absolute atomic E-state index is 0.0882. The summed E-state index contributed by atoms with van der Waals surface area (Å²) in [5.74, 6) is -0.417. The summed E-state index contributed by atoms with van der Waals surface area (Å²) < 4.78 is 64.0. The van der Waals surface area contributed by atoms with E-state index in [2.05, 4.69) is 20.9 Å². The van der Waals surface area contributed by atoms with E-state index in [4.69, 9.17) is 0 Å². The number of sulfone groups is 2. The molecule has 0 N–H and O–H groups in total. The summed E-state index contributed by atoms with van der Waals surface area (Å²) in [5.41, 5.74) is 1.51. The third kappa shape index (κ3) is 4.54. The number of hydrogen-bond donors (Lipinski definition) is 0. The van der Waals surface area contributed by atoms with E-state index >= 15 is 0 Å². The zero-order valence-electron chi connectivity index (χ0n) is 16.5. The van der Waals surface area contributed by atoms with Gasteiger partial charge >= 0.3 is 0 Å². The SMILES string of the molecule is CS(=O)(=O)c1ccc(-c2nc(S(=O)(=O)c3cccc(Br)c3)sc2-c2ccc(F)cc2)cc1. The summed E-state index contributed by atoms with van der Waals surface area (Å²) in [6, 6.07) is 18.0. The van der Waals surface area contributed by atoms with Gasteiger partial charge in [-0.1, -0.05) is 46.3 Å². The molecule has 0 unspecified atom stereocenters. The molecule has 1 aromatic heterocycles. The van der Waals surface area contributed by atoms with Crippen LogP contribution in [-0.2, 0) is 19.7 Å². The standard InChI is InChI=1S/C22H15BrFNO4S3/c1-31(26,27)18-11-7-14(8-12-18)20-21(15-5-9-17(24)10-6-15)30-22(25-20)32(28,29)19-4-2-3-16(23)13-19/h2-13H,1H3. The van der Waals surface area contributed by atoms with Crippen LogP contribution in [0.4, 0.5) is 4.39 Å². The Morgan fingerprint density at radius 2 is 1.47 bits per heavy atom. The van der Waals surface area contributed by atoms with Crippen LogP contribution in [0.25, 0.3) is 21.7 Å². The first-order chi connectivity index (χ1) is 15.1. The van der Waals surface area contributed by atoms with Gasteiger partial charge in [-0.2, -0.15) is 0 Å². The van der Waals surface area contributed by atoms with Crippen molar-refractivity contribution >= 4 is 46.9 Å². The molecule has 0 atom stereocenters. The third-order valence-corrected chi connectivity index (χ3v) is 9.46. The topological polar surface area (TPSA) is 81.2 Å². The number of aromatic nitrogens is 1. The summed E-state index contributed by atoms with van der Waals surface area (Å²) in [6.07, 6.45) is 1.11. The second-order valence-corrected chi connectivity index (χ2v) is 13.0. The van der Waals surface area contributed by atoms with Crippen LogP contribution in [0.2, 0.25) is 0 Å². The molecule has 0 aliphatic rings. The number of thiazole rings is 1. The minimum Gasteiger partial charge on any atom is -0.224 e. The monoisotopic (exact) mass is 551 g/mol. The lowest BCUT2D eigenvalue weighted by atomic mass is 10.1. The molecule has 3 aromatic carbocycles. The van der Waals surface area contributed by atoms with Crippen molar-refractivity contribution in [3.63, 3.8) is 0 Å². The van der Waals surface area contributed by atoms with Crippen LogP contribution in [0.5, 0.6) is 0 Å². The fourth-order valence-electron chi connectivity index (χ4n) is 3.00. The minimum atomic E-state index is -3.91. The maximum atomic E-state index is 13.5. The Labute approximate surface area is 197 Å². The maximum absolute atomic E-state index is 13.5. The van der Waals surface area contributed by atoms with Crippen molar-refractivity contribution in [1.29, 1.82) is 0 Å². The summed E-state index contributed by atoms with van der Waals surface area (Å²) in [4.78, 5) is 5.18. The second kappa shape index (κ2) is 8.51. The molecule has 32 heavy (non-hydrogen) atoms. The number of benzene rings is 3. The van der Waals surface area contributed by atoms with Gasteiger partial charge in [0.2, 0.25) is 14.2 Å². The average molecular weight is 552 g/mol. The Bertz CT molecular complexity index is 1510. The van der Waals surface area contributed by atoms with Crippen LogP contribution < -0.4 is 0 Å². The van der Waals surface area contributed by atoms with Gasteiger partial charge < -0.3 is 0 Å². The number of nitrogens with zero attached hydrogens (tertiary/aromatic N) is 1. The molecule has 0 saturated heterocycles. The average Bonchev–Trinajstić information content (AvgIpc) is 3.20. The third-order valence-electron chi connectivity index (χ3n) is 4.61. The van der Waals surface area contributed by atoms with E-state index in [1.54, 1.807) is 36.4 Å². The normalized spacial score (nSPS) is 12.1. The first-order valence-electron chi connectivity index (χ1n) is 9.13. The molecule has 0 radical (unpaired) electrons. The van der Waals surface area contributed by atoms with Crippen LogP contribution in [0.1, 0.15) is 0 Å². The molecule has 0 bridgehead atoms. The molecule has 0 spiro atoms. The zero-order valence-corrected chi connectivity index (χ0v) is 20.5. The van der Waals surface area contributed by atoms with Gasteiger partial charge in [0, 0.05) is 16.3 Å². The Kier molecular flexibility index (Phi) is 6.06. The van der Waals surface area contributed by atoms with E-state index in [9.17, 15) is 21.2 Å². The van der Waals surface area contributed by atoms with Gasteiger partial charge in [-0.3, -0.25) is 0 Å². The smallest absolute Gasteiger partial charge is 0.224 e. The van der Waals surface area contributed by atoms with Crippen LogP contribution in [0.15, 0.2) is 91.4 Å². The largest absolute Gasteiger partial charge is 0.233 e. The van der Waals surface area contributed by atoms with Gasteiger partial charge in [0.15, 0.2) is 9.84 Å². The van der Waals surface area contributed by atoms with E-state index in [0.717, 1.165) is 17.6 Å². The van der Waals surface area contributed by atoms with Gasteiger partial charge in [-0.15, -0.1) is 11.3 Å². The Balaban J connectivity index is 1.91. The lowest BCUT2D eigenvalue weighted by Gasteiger charge is -2.04. The second-order valence-electron chi connectivity index (χ2n) is 6.92. The predicted molar refractivity (Wildman–Crippen MR) is 126 cm³/mol. The van der Waals surface area contributed by atoms with Crippen molar-refractivity contribution in [1.82, 2.24) is 4.98 Å². The van der Waals surface area contributed by atoms with Crippen molar-refractivity contribution in [2.24, 2.45) is 0 Å². The number of rotatable bonds is 5. The lowest BCUT2D eigenvalue weighted by molar-refractivity contribution is 0.595. The van der Waals surface area contributed by atoms with Gasteiger partial charge in [-0.05, 0) is 48.0 Å². The van der Waals surface area contributed by atoms with Gasteiger partial charge in [0.1, 0.15) is 5.82 Å². The first-order valence-corrected chi connectivity index (χ1v) is 14.1. The molecular weight excluding hydrogens is 537 g/mol. The Morgan fingerprint density at radius 3 is 2.06 bits per heavy atom. The molecular formula is C22H15BrFNO4S3. The molecule has 0 amide bonds. The fourth-order valence-corrected chi connectivity index (χ4v) is 6.94. The quantitative estimate of drug-likeness (QED) is 0.321. The van der Waals surface area contributed by atoms with Crippen molar-refractivity contribution in [3.8, 4) is 21.7 Å².